The number of methoxy groups -OCH3 is 3. The first-order valence-corrected chi connectivity index (χ1v) is 7.83. The number of hydrogen-bond donors (Lipinski definition) is 0. The van der Waals surface area contributed by atoms with Crippen molar-refractivity contribution in [2.45, 2.75) is 12.8 Å². The molecule has 0 aromatic heterocycles. The molecule has 0 atom stereocenters. The second kappa shape index (κ2) is 7.25. The van der Waals surface area contributed by atoms with Gasteiger partial charge in [-0.3, -0.25) is 0 Å². The second-order valence-electron chi connectivity index (χ2n) is 5.54. The van der Waals surface area contributed by atoms with Crippen LogP contribution in [0, 0.1) is 0 Å². The Hall–Kier alpha value is -3.02. The lowest BCUT2D eigenvalue weighted by molar-refractivity contribution is 0.0515. The number of ether oxygens (including phenoxy) is 3. The van der Waals surface area contributed by atoms with Crippen LogP contribution in [-0.4, -0.2) is 33.0 Å². The number of carbonyl (C=O) groups excluding carboxylic acids is 1. The Bertz CT molecular complexity index is 806. The Labute approximate surface area is 146 Å². The predicted molar refractivity (Wildman–Crippen MR) is 92.8 cm³/mol. The van der Waals surface area contributed by atoms with Crippen molar-refractivity contribution in [1.82, 2.24) is 0 Å². The first-order valence-electron chi connectivity index (χ1n) is 7.83. The van der Waals surface area contributed by atoms with Crippen molar-refractivity contribution in [3.05, 3.63) is 53.1 Å². The zero-order chi connectivity index (χ0) is 17.8. The molecule has 6 heteroatoms. The number of aryl methyl sites for hydroxylation is 1. The largest absolute Gasteiger partial charge is 0.497 e. The maximum atomic E-state index is 12.3. The highest BCUT2D eigenvalue weighted by Crippen LogP contribution is 2.27. The zero-order valence-corrected chi connectivity index (χ0v) is 14.4. The number of hydrogen-bond acceptors (Lipinski definition) is 6. The molecular formula is C19H19NO5. The third-order valence-corrected chi connectivity index (χ3v) is 4.08. The van der Waals surface area contributed by atoms with Gasteiger partial charge in [0.15, 0.2) is 0 Å². The smallest absolute Gasteiger partial charge is 0.366 e. The molecule has 0 saturated heterocycles. The fraction of sp³-hybridized carbons (Fsp3) is 0.263. The molecule has 0 spiro atoms. The molecule has 2 aromatic carbocycles. The van der Waals surface area contributed by atoms with Crippen LogP contribution in [0.15, 0.2) is 41.6 Å². The lowest BCUT2D eigenvalue weighted by Gasteiger charge is -2.07. The molecule has 0 amide bonds. The first kappa shape index (κ1) is 16.8. The van der Waals surface area contributed by atoms with Crippen LogP contribution < -0.4 is 14.2 Å². The van der Waals surface area contributed by atoms with Crippen LogP contribution in [0.1, 0.15) is 27.9 Å². The van der Waals surface area contributed by atoms with E-state index < -0.39 is 5.97 Å². The van der Waals surface area contributed by atoms with E-state index in [0.29, 0.717) is 17.1 Å². The van der Waals surface area contributed by atoms with Gasteiger partial charge in [-0.15, -0.1) is 0 Å². The van der Waals surface area contributed by atoms with Gasteiger partial charge < -0.3 is 19.0 Å². The third-order valence-electron chi connectivity index (χ3n) is 4.08. The lowest BCUT2D eigenvalue weighted by Crippen LogP contribution is -2.05. The van der Waals surface area contributed by atoms with E-state index in [0.717, 1.165) is 35.4 Å². The Balaban J connectivity index is 1.78. The zero-order valence-electron chi connectivity index (χ0n) is 14.4. The summed E-state index contributed by atoms with van der Waals surface area (Å²) >= 11 is 0. The van der Waals surface area contributed by atoms with E-state index in [1.807, 2.05) is 18.2 Å². The van der Waals surface area contributed by atoms with E-state index in [1.54, 1.807) is 25.3 Å². The van der Waals surface area contributed by atoms with E-state index in [9.17, 15) is 4.79 Å². The number of carbonyl (C=O) groups is 1. The average molecular weight is 341 g/mol. The lowest BCUT2D eigenvalue weighted by atomic mass is 10.1. The van der Waals surface area contributed by atoms with Crippen molar-refractivity contribution >= 4 is 11.7 Å². The van der Waals surface area contributed by atoms with Crippen LogP contribution in [0.3, 0.4) is 0 Å². The minimum absolute atomic E-state index is 0.313. The van der Waals surface area contributed by atoms with Crippen LogP contribution in [-0.2, 0) is 11.3 Å². The number of fused-ring (bicyclic) bond motifs is 1. The van der Waals surface area contributed by atoms with Crippen LogP contribution in [0.25, 0.3) is 0 Å². The quantitative estimate of drug-likeness (QED) is 0.617. The van der Waals surface area contributed by atoms with Gasteiger partial charge >= 0.3 is 5.97 Å². The van der Waals surface area contributed by atoms with E-state index in [4.69, 9.17) is 19.0 Å². The third kappa shape index (κ3) is 3.57. The Kier molecular flexibility index (Phi) is 4.88. The molecule has 0 heterocycles. The van der Waals surface area contributed by atoms with Crippen molar-refractivity contribution < 1.29 is 23.8 Å². The molecule has 0 N–H and O–H groups in total. The summed E-state index contributed by atoms with van der Waals surface area (Å²) in [6.45, 7) is 0. The van der Waals surface area contributed by atoms with Gasteiger partial charge in [-0.2, -0.15) is 0 Å². The molecule has 1 aliphatic carbocycles. The average Bonchev–Trinajstić information content (AvgIpc) is 3.07. The SMILES string of the molecule is COc1cc(OC)cc(C(=O)O/N=C2/CCc3cc(OC)ccc32)c1. The summed E-state index contributed by atoms with van der Waals surface area (Å²) < 4.78 is 15.5. The molecular weight excluding hydrogens is 322 g/mol. The summed E-state index contributed by atoms with van der Waals surface area (Å²) in [5, 5.41) is 4.05. The van der Waals surface area contributed by atoms with E-state index in [2.05, 4.69) is 5.16 Å². The standard InChI is InChI=1S/C19H19NO5/c1-22-14-5-6-17-12(8-14)4-7-18(17)20-25-19(21)13-9-15(23-2)11-16(10-13)24-3/h5-6,8-11H,4,7H2,1-3H3/b20-18-. The number of nitrogens with zero attached hydrogens (tertiary/aromatic N) is 1. The summed E-state index contributed by atoms with van der Waals surface area (Å²) in [6, 6.07) is 10.6. The highest BCUT2D eigenvalue weighted by Gasteiger charge is 2.20. The van der Waals surface area contributed by atoms with Crippen LogP contribution in [0.2, 0.25) is 0 Å². The molecule has 0 fully saturated rings. The number of benzene rings is 2. The number of oxime groups is 1. The maximum absolute atomic E-state index is 12.3. The highest BCUT2D eigenvalue weighted by atomic mass is 16.7. The Morgan fingerprint density at radius 1 is 0.880 bits per heavy atom. The molecule has 0 aliphatic heterocycles. The molecule has 130 valence electrons. The van der Waals surface area contributed by atoms with Gasteiger partial charge in [-0.1, -0.05) is 5.16 Å². The second-order valence-corrected chi connectivity index (χ2v) is 5.54. The van der Waals surface area contributed by atoms with Gasteiger partial charge in [-0.05, 0) is 48.7 Å². The van der Waals surface area contributed by atoms with Crippen LogP contribution >= 0.6 is 0 Å². The fourth-order valence-corrected chi connectivity index (χ4v) is 2.74. The fourth-order valence-electron chi connectivity index (χ4n) is 2.74. The molecule has 0 radical (unpaired) electrons. The number of rotatable bonds is 5. The maximum Gasteiger partial charge on any atom is 0.366 e. The molecule has 0 bridgehead atoms. The van der Waals surface area contributed by atoms with Crippen LogP contribution in [0.5, 0.6) is 17.2 Å². The van der Waals surface area contributed by atoms with Crippen molar-refractivity contribution in [2.24, 2.45) is 5.16 Å². The molecule has 25 heavy (non-hydrogen) atoms. The van der Waals surface area contributed by atoms with Crippen molar-refractivity contribution in [3.8, 4) is 17.2 Å². The highest BCUT2D eigenvalue weighted by molar-refractivity contribution is 6.04. The molecule has 1 aliphatic rings. The van der Waals surface area contributed by atoms with Gasteiger partial charge in [0.2, 0.25) is 0 Å². The predicted octanol–water partition coefficient (Wildman–Crippen LogP) is 3.22. The van der Waals surface area contributed by atoms with Crippen molar-refractivity contribution in [3.63, 3.8) is 0 Å². The first-order chi connectivity index (χ1) is 12.1. The van der Waals surface area contributed by atoms with Gasteiger partial charge in [-0.25, -0.2) is 4.79 Å². The van der Waals surface area contributed by atoms with Gasteiger partial charge in [0.05, 0.1) is 32.6 Å². The van der Waals surface area contributed by atoms with Gasteiger partial charge in [0.25, 0.3) is 0 Å². The summed E-state index contributed by atoms with van der Waals surface area (Å²) in [4.78, 5) is 17.4. The molecule has 0 saturated carbocycles. The van der Waals surface area contributed by atoms with E-state index in [-0.39, 0.29) is 0 Å². The van der Waals surface area contributed by atoms with Crippen molar-refractivity contribution in [1.29, 1.82) is 0 Å². The van der Waals surface area contributed by atoms with Gasteiger partial charge in [0, 0.05) is 11.6 Å². The minimum Gasteiger partial charge on any atom is -0.497 e. The normalized spacial score (nSPS) is 14.1. The Morgan fingerprint density at radius 2 is 1.56 bits per heavy atom. The van der Waals surface area contributed by atoms with Gasteiger partial charge in [0.1, 0.15) is 17.2 Å². The summed E-state index contributed by atoms with van der Waals surface area (Å²) in [7, 11) is 4.68. The summed E-state index contributed by atoms with van der Waals surface area (Å²) in [5.74, 6) is 1.27. The van der Waals surface area contributed by atoms with Crippen LogP contribution in [0.4, 0.5) is 0 Å². The van der Waals surface area contributed by atoms with Crippen molar-refractivity contribution in [2.75, 3.05) is 21.3 Å². The summed E-state index contributed by atoms with van der Waals surface area (Å²) in [5.41, 5.74) is 3.18. The minimum atomic E-state index is -0.563. The summed E-state index contributed by atoms with van der Waals surface area (Å²) in [6.07, 6.45) is 1.56. The molecule has 3 rings (SSSR count). The topological polar surface area (TPSA) is 66.4 Å². The molecule has 2 aromatic rings. The van der Waals surface area contributed by atoms with E-state index >= 15 is 0 Å². The molecule has 6 nitrogen and oxygen atoms in total. The molecule has 0 unspecified atom stereocenters. The van der Waals surface area contributed by atoms with E-state index in [1.165, 1.54) is 14.2 Å². The monoisotopic (exact) mass is 341 g/mol. The Morgan fingerprint density at radius 3 is 2.20 bits per heavy atom.